The number of hydrogen-bond donors (Lipinski definition) is 1. The van der Waals surface area contributed by atoms with Crippen molar-refractivity contribution in [2.45, 2.75) is 39.7 Å². The van der Waals surface area contributed by atoms with E-state index in [-0.39, 0.29) is 36.7 Å². The van der Waals surface area contributed by atoms with Gasteiger partial charge in [-0.3, -0.25) is 4.79 Å². The molecule has 0 radical (unpaired) electrons. The molecular weight excluding hydrogens is 362 g/mol. The van der Waals surface area contributed by atoms with Crippen molar-refractivity contribution in [3.63, 3.8) is 0 Å². The number of aliphatic hydroxyl groups excluding tert-OH is 1. The lowest BCUT2D eigenvalue weighted by Gasteiger charge is -2.28. The van der Waals surface area contributed by atoms with Crippen molar-refractivity contribution >= 4 is 17.7 Å². The highest BCUT2D eigenvalue weighted by Crippen LogP contribution is 2.28. The third kappa shape index (κ3) is 4.79. The third-order valence-corrected chi connectivity index (χ3v) is 3.63. The van der Waals surface area contributed by atoms with Gasteiger partial charge in [-0.05, 0) is 32.9 Å². The highest BCUT2D eigenvalue weighted by molar-refractivity contribution is 6.08. The SMILES string of the molecule is CC1CC(=O)N(C(=O)OC(C)(C)C)N=C1c1ccc(OCCO)c(F)c1F. The summed E-state index contributed by atoms with van der Waals surface area (Å²) in [4.78, 5) is 24.3. The van der Waals surface area contributed by atoms with E-state index < -0.39 is 35.2 Å². The number of amides is 2. The Kier molecular flexibility index (Phi) is 6.15. The first kappa shape index (κ1) is 20.8. The number of rotatable bonds is 4. The summed E-state index contributed by atoms with van der Waals surface area (Å²) in [5.74, 6) is -3.93. The third-order valence-electron chi connectivity index (χ3n) is 3.63. The number of aliphatic hydroxyl groups is 1. The summed E-state index contributed by atoms with van der Waals surface area (Å²) in [6.45, 7) is 5.98. The number of hydrogen-bond acceptors (Lipinski definition) is 6. The van der Waals surface area contributed by atoms with E-state index in [4.69, 9.17) is 14.6 Å². The average Bonchev–Trinajstić information content (AvgIpc) is 2.55. The minimum absolute atomic E-state index is 0.0468. The molecule has 0 saturated carbocycles. The second-order valence-electron chi connectivity index (χ2n) is 7.09. The summed E-state index contributed by atoms with van der Waals surface area (Å²) in [5, 5.41) is 13.2. The average molecular weight is 384 g/mol. The summed E-state index contributed by atoms with van der Waals surface area (Å²) in [6, 6.07) is 2.45. The highest BCUT2D eigenvalue weighted by Gasteiger charge is 2.35. The van der Waals surface area contributed by atoms with Crippen LogP contribution in [0.2, 0.25) is 0 Å². The zero-order chi connectivity index (χ0) is 20.4. The van der Waals surface area contributed by atoms with Gasteiger partial charge in [0.25, 0.3) is 5.91 Å². The number of nitrogens with zero attached hydrogens (tertiary/aromatic N) is 2. The Morgan fingerprint density at radius 3 is 2.59 bits per heavy atom. The Labute approximate surface area is 155 Å². The lowest BCUT2D eigenvalue weighted by atomic mass is 9.93. The molecule has 1 aromatic rings. The summed E-state index contributed by atoms with van der Waals surface area (Å²) < 4.78 is 38.8. The molecule has 1 aliphatic rings. The molecule has 7 nitrogen and oxygen atoms in total. The van der Waals surface area contributed by atoms with E-state index in [1.165, 1.54) is 12.1 Å². The summed E-state index contributed by atoms with van der Waals surface area (Å²) >= 11 is 0. The van der Waals surface area contributed by atoms with Crippen LogP contribution in [0.1, 0.15) is 39.7 Å². The maximum absolute atomic E-state index is 14.5. The van der Waals surface area contributed by atoms with Gasteiger partial charge < -0.3 is 14.6 Å². The molecule has 0 saturated heterocycles. The highest BCUT2D eigenvalue weighted by atomic mass is 19.2. The van der Waals surface area contributed by atoms with E-state index in [1.54, 1.807) is 27.7 Å². The Hall–Kier alpha value is -2.55. The van der Waals surface area contributed by atoms with Crippen LogP contribution in [-0.2, 0) is 9.53 Å². The molecule has 27 heavy (non-hydrogen) atoms. The van der Waals surface area contributed by atoms with Crippen molar-refractivity contribution in [1.29, 1.82) is 0 Å². The molecule has 1 aromatic carbocycles. The van der Waals surface area contributed by atoms with Gasteiger partial charge >= 0.3 is 6.09 Å². The minimum atomic E-state index is -1.24. The second-order valence-corrected chi connectivity index (χ2v) is 7.09. The van der Waals surface area contributed by atoms with E-state index in [0.717, 1.165) is 0 Å². The zero-order valence-corrected chi connectivity index (χ0v) is 15.6. The van der Waals surface area contributed by atoms with Gasteiger partial charge in [0.15, 0.2) is 11.6 Å². The van der Waals surface area contributed by atoms with Crippen molar-refractivity contribution in [2.24, 2.45) is 11.0 Å². The molecule has 9 heteroatoms. The molecule has 1 N–H and O–H groups in total. The van der Waals surface area contributed by atoms with Crippen LogP contribution in [-0.4, -0.2) is 46.6 Å². The van der Waals surface area contributed by atoms with Crippen LogP contribution in [0.4, 0.5) is 13.6 Å². The molecular formula is C18H22F2N2O5. The summed E-state index contributed by atoms with van der Waals surface area (Å²) in [7, 11) is 0. The molecule has 0 aromatic heterocycles. The number of carbonyl (C=O) groups excluding carboxylic acids is 2. The van der Waals surface area contributed by atoms with Gasteiger partial charge in [0.05, 0.1) is 12.3 Å². The van der Waals surface area contributed by atoms with Crippen molar-refractivity contribution in [2.75, 3.05) is 13.2 Å². The molecule has 0 fully saturated rings. The fourth-order valence-electron chi connectivity index (χ4n) is 2.47. The van der Waals surface area contributed by atoms with Gasteiger partial charge in [0.2, 0.25) is 5.82 Å². The van der Waals surface area contributed by atoms with Gasteiger partial charge in [-0.15, -0.1) is 5.01 Å². The predicted octanol–water partition coefficient (Wildman–Crippen LogP) is 2.84. The largest absolute Gasteiger partial charge is 0.488 e. The monoisotopic (exact) mass is 384 g/mol. The van der Waals surface area contributed by atoms with E-state index in [9.17, 15) is 18.4 Å². The van der Waals surface area contributed by atoms with Crippen LogP contribution in [0.5, 0.6) is 5.75 Å². The maximum Gasteiger partial charge on any atom is 0.438 e. The second kappa shape index (κ2) is 7.99. The van der Waals surface area contributed by atoms with Crippen LogP contribution >= 0.6 is 0 Å². The standard InChI is InChI=1S/C18H22F2N2O5/c1-10-9-13(24)22(17(25)27-18(2,3)4)21-16(10)11-5-6-12(26-8-7-23)15(20)14(11)19/h5-6,10,23H,7-9H2,1-4H3. The van der Waals surface area contributed by atoms with E-state index >= 15 is 0 Å². The molecule has 0 spiro atoms. The topological polar surface area (TPSA) is 88.4 Å². The Morgan fingerprint density at radius 1 is 1.33 bits per heavy atom. The lowest BCUT2D eigenvalue weighted by Crippen LogP contribution is -2.42. The first-order valence-corrected chi connectivity index (χ1v) is 8.41. The number of carbonyl (C=O) groups is 2. The first-order valence-electron chi connectivity index (χ1n) is 8.41. The molecule has 148 valence electrons. The number of imide groups is 1. The fourth-order valence-corrected chi connectivity index (χ4v) is 2.47. The predicted molar refractivity (Wildman–Crippen MR) is 92.3 cm³/mol. The van der Waals surface area contributed by atoms with Crippen molar-refractivity contribution in [3.8, 4) is 5.75 Å². The van der Waals surface area contributed by atoms with Crippen LogP contribution < -0.4 is 4.74 Å². The molecule has 1 unspecified atom stereocenters. The lowest BCUT2D eigenvalue weighted by molar-refractivity contribution is -0.131. The van der Waals surface area contributed by atoms with Crippen molar-refractivity contribution in [1.82, 2.24) is 5.01 Å². The van der Waals surface area contributed by atoms with Gasteiger partial charge in [-0.1, -0.05) is 6.92 Å². The summed E-state index contributed by atoms with van der Waals surface area (Å²) in [6.07, 6.45) is -1.09. The van der Waals surface area contributed by atoms with Gasteiger partial charge in [0, 0.05) is 17.9 Å². The number of hydrazone groups is 1. The molecule has 2 amide bonds. The molecule has 0 bridgehead atoms. The fraction of sp³-hybridized carbons (Fsp3) is 0.500. The molecule has 0 aliphatic carbocycles. The van der Waals surface area contributed by atoms with Gasteiger partial charge in [-0.25, -0.2) is 9.18 Å². The Morgan fingerprint density at radius 2 is 2.00 bits per heavy atom. The smallest absolute Gasteiger partial charge is 0.438 e. The van der Waals surface area contributed by atoms with Crippen LogP contribution in [0.25, 0.3) is 0 Å². The zero-order valence-electron chi connectivity index (χ0n) is 15.6. The van der Waals surface area contributed by atoms with E-state index in [0.29, 0.717) is 5.01 Å². The molecule has 1 heterocycles. The van der Waals surface area contributed by atoms with Crippen LogP contribution in [0, 0.1) is 17.6 Å². The maximum atomic E-state index is 14.5. The number of benzene rings is 1. The van der Waals surface area contributed by atoms with Crippen LogP contribution in [0.3, 0.4) is 0 Å². The quantitative estimate of drug-likeness (QED) is 0.862. The Balaban J connectivity index is 2.40. The van der Waals surface area contributed by atoms with Crippen LogP contribution in [0.15, 0.2) is 17.2 Å². The Bertz CT molecular complexity index is 774. The number of halogens is 2. The molecule has 2 rings (SSSR count). The molecule has 1 aliphatic heterocycles. The van der Waals surface area contributed by atoms with Gasteiger partial charge in [0.1, 0.15) is 12.2 Å². The van der Waals surface area contributed by atoms with E-state index in [1.807, 2.05) is 0 Å². The van der Waals surface area contributed by atoms with E-state index in [2.05, 4.69) is 5.10 Å². The normalized spacial score (nSPS) is 17.6. The summed E-state index contributed by atoms with van der Waals surface area (Å²) in [5.41, 5.74) is -0.984. The van der Waals surface area contributed by atoms with Gasteiger partial charge in [-0.2, -0.15) is 9.49 Å². The first-order chi connectivity index (χ1) is 12.5. The number of ether oxygens (including phenoxy) is 2. The minimum Gasteiger partial charge on any atom is -0.488 e. The van der Waals surface area contributed by atoms with Crippen molar-refractivity contribution < 1.29 is 33.0 Å². The molecule has 1 atom stereocenters. The van der Waals surface area contributed by atoms with Crippen molar-refractivity contribution in [3.05, 3.63) is 29.3 Å².